The number of hydrogen-bond donors (Lipinski definition) is 1. The molecule has 1 N–H and O–H groups in total. The van der Waals surface area contributed by atoms with E-state index < -0.39 is 11.6 Å². The molecule has 0 aliphatic carbocycles. The third kappa shape index (κ3) is 8.57. The summed E-state index contributed by atoms with van der Waals surface area (Å²) in [4.78, 5) is 27.5. The predicted octanol–water partition coefficient (Wildman–Crippen LogP) is 6.21. The largest absolute Gasteiger partial charge is 0.350 e. The molecular formula is C23H27Cl3N2O2S. The van der Waals surface area contributed by atoms with Gasteiger partial charge in [-0.05, 0) is 63.1 Å². The molecule has 2 aromatic rings. The molecule has 1 atom stereocenters. The van der Waals surface area contributed by atoms with Crippen LogP contribution in [0.4, 0.5) is 0 Å². The first-order chi connectivity index (χ1) is 14.5. The van der Waals surface area contributed by atoms with E-state index in [1.807, 2.05) is 45.0 Å². The maximum Gasteiger partial charge on any atom is 0.242 e. The van der Waals surface area contributed by atoms with Crippen LogP contribution in [0.25, 0.3) is 0 Å². The van der Waals surface area contributed by atoms with Crippen LogP contribution in [-0.4, -0.2) is 34.0 Å². The van der Waals surface area contributed by atoms with E-state index in [0.29, 0.717) is 20.8 Å². The summed E-state index contributed by atoms with van der Waals surface area (Å²) in [5.41, 5.74) is 1.37. The summed E-state index contributed by atoms with van der Waals surface area (Å²) in [7, 11) is 0. The molecule has 2 aromatic carbocycles. The van der Waals surface area contributed by atoms with E-state index in [2.05, 4.69) is 5.32 Å². The number of rotatable bonds is 8. The molecule has 0 aromatic heterocycles. The first-order valence-electron chi connectivity index (χ1n) is 9.84. The summed E-state index contributed by atoms with van der Waals surface area (Å²) in [6, 6.07) is 12.0. The average Bonchev–Trinajstić information content (AvgIpc) is 2.65. The average molecular weight is 502 g/mol. The molecule has 0 fully saturated rings. The van der Waals surface area contributed by atoms with E-state index in [4.69, 9.17) is 34.8 Å². The summed E-state index contributed by atoms with van der Waals surface area (Å²) in [5, 5.41) is 4.58. The highest BCUT2D eigenvalue weighted by molar-refractivity contribution is 7.99. The molecule has 0 saturated heterocycles. The fourth-order valence-corrected chi connectivity index (χ4v) is 4.39. The van der Waals surface area contributed by atoms with Gasteiger partial charge in [-0.2, -0.15) is 0 Å². The number of carbonyl (C=O) groups is 2. The van der Waals surface area contributed by atoms with Gasteiger partial charge in [0.2, 0.25) is 11.8 Å². The van der Waals surface area contributed by atoms with E-state index in [1.165, 1.54) is 11.8 Å². The molecule has 0 aliphatic rings. The molecule has 2 amide bonds. The number of carbonyl (C=O) groups excluding carboxylic acids is 2. The van der Waals surface area contributed by atoms with Crippen molar-refractivity contribution in [2.24, 2.45) is 0 Å². The molecule has 1 unspecified atom stereocenters. The Kier molecular flexibility index (Phi) is 9.56. The van der Waals surface area contributed by atoms with Crippen LogP contribution in [0.5, 0.6) is 0 Å². The molecule has 4 nitrogen and oxygen atoms in total. The monoisotopic (exact) mass is 500 g/mol. The van der Waals surface area contributed by atoms with Crippen molar-refractivity contribution in [3.63, 3.8) is 0 Å². The van der Waals surface area contributed by atoms with Crippen molar-refractivity contribution in [1.29, 1.82) is 0 Å². The van der Waals surface area contributed by atoms with Crippen LogP contribution in [0, 0.1) is 0 Å². The van der Waals surface area contributed by atoms with Crippen LogP contribution < -0.4 is 5.32 Å². The van der Waals surface area contributed by atoms with Crippen LogP contribution in [-0.2, 0) is 21.9 Å². The molecule has 0 heterocycles. The maximum atomic E-state index is 13.1. The van der Waals surface area contributed by atoms with Gasteiger partial charge in [0.25, 0.3) is 0 Å². The van der Waals surface area contributed by atoms with E-state index in [0.717, 1.165) is 11.1 Å². The highest BCUT2D eigenvalue weighted by Crippen LogP contribution is 2.24. The minimum atomic E-state index is -0.662. The third-order valence-electron chi connectivity index (χ3n) is 4.40. The van der Waals surface area contributed by atoms with Crippen molar-refractivity contribution in [3.05, 3.63) is 68.7 Å². The Morgan fingerprint density at radius 2 is 1.74 bits per heavy atom. The Morgan fingerprint density at radius 1 is 1.06 bits per heavy atom. The first kappa shape index (κ1) is 25.9. The predicted molar refractivity (Wildman–Crippen MR) is 132 cm³/mol. The van der Waals surface area contributed by atoms with Gasteiger partial charge in [0.1, 0.15) is 6.04 Å². The quantitative estimate of drug-likeness (QED) is 0.468. The second kappa shape index (κ2) is 11.5. The smallest absolute Gasteiger partial charge is 0.242 e. The second-order valence-corrected chi connectivity index (χ2v) is 10.6. The molecule has 31 heavy (non-hydrogen) atoms. The molecule has 0 saturated carbocycles. The van der Waals surface area contributed by atoms with E-state index in [1.54, 1.807) is 30.0 Å². The molecule has 8 heteroatoms. The minimum Gasteiger partial charge on any atom is -0.350 e. The zero-order valence-corrected chi connectivity index (χ0v) is 21.1. The standard InChI is InChI=1S/C23H27Cl3N2O2S/c1-15(22(30)27-23(2,3)4)28(12-17-8-9-19(25)11-20(17)26)21(29)14-31-13-16-6-5-7-18(24)10-16/h5-11,15H,12-14H2,1-4H3,(H,27,30). The third-order valence-corrected chi connectivity index (χ3v) is 6.22. The van der Waals surface area contributed by atoms with Gasteiger partial charge < -0.3 is 10.2 Å². The zero-order valence-electron chi connectivity index (χ0n) is 18.0. The fourth-order valence-electron chi connectivity index (χ4n) is 2.86. The number of nitrogens with one attached hydrogen (secondary N) is 1. The van der Waals surface area contributed by atoms with E-state index >= 15 is 0 Å². The van der Waals surface area contributed by atoms with Gasteiger partial charge in [-0.15, -0.1) is 11.8 Å². The number of hydrogen-bond acceptors (Lipinski definition) is 3. The summed E-state index contributed by atoms with van der Waals surface area (Å²) in [6.07, 6.45) is 0. The SMILES string of the molecule is CC(C(=O)NC(C)(C)C)N(Cc1ccc(Cl)cc1Cl)C(=O)CSCc1cccc(Cl)c1. The van der Waals surface area contributed by atoms with Crippen LogP contribution in [0.1, 0.15) is 38.8 Å². The Bertz CT molecular complexity index is 931. The Labute approximate surface area is 203 Å². The topological polar surface area (TPSA) is 49.4 Å². The molecule has 168 valence electrons. The number of halogens is 3. The van der Waals surface area contributed by atoms with Gasteiger partial charge in [-0.3, -0.25) is 9.59 Å². The fraction of sp³-hybridized carbons (Fsp3) is 0.391. The van der Waals surface area contributed by atoms with E-state index in [-0.39, 0.29) is 24.1 Å². The van der Waals surface area contributed by atoms with Gasteiger partial charge in [0.05, 0.1) is 5.75 Å². The maximum absolute atomic E-state index is 13.1. The highest BCUT2D eigenvalue weighted by atomic mass is 35.5. The molecule has 2 rings (SSSR count). The van der Waals surface area contributed by atoms with Gasteiger partial charge in [-0.25, -0.2) is 0 Å². The van der Waals surface area contributed by atoms with Gasteiger partial charge in [-0.1, -0.05) is 53.0 Å². The van der Waals surface area contributed by atoms with Crippen molar-refractivity contribution in [2.45, 2.75) is 51.6 Å². The Morgan fingerprint density at radius 3 is 2.35 bits per heavy atom. The number of nitrogens with zero attached hydrogens (tertiary/aromatic N) is 1. The van der Waals surface area contributed by atoms with Crippen LogP contribution in [0.3, 0.4) is 0 Å². The van der Waals surface area contributed by atoms with Crippen LogP contribution in [0.2, 0.25) is 15.1 Å². The second-order valence-electron chi connectivity index (χ2n) is 8.30. The van der Waals surface area contributed by atoms with Crippen molar-refractivity contribution in [3.8, 4) is 0 Å². The van der Waals surface area contributed by atoms with Gasteiger partial charge in [0, 0.05) is 32.9 Å². The van der Waals surface area contributed by atoms with E-state index in [9.17, 15) is 9.59 Å². The number of thioether (sulfide) groups is 1. The molecule has 0 spiro atoms. The Hall–Kier alpha value is -1.40. The van der Waals surface area contributed by atoms with Gasteiger partial charge >= 0.3 is 0 Å². The minimum absolute atomic E-state index is 0.144. The summed E-state index contributed by atoms with van der Waals surface area (Å²) >= 11 is 19.8. The zero-order chi connectivity index (χ0) is 23.2. The molecule has 0 bridgehead atoms. The first-order valence-corrected chi connectivity index (χ1v) is 12.1. The van der Waals surface area contributed by atoms with Crippen molar-refractivity contribution in [2.75, 3.05) is 5.75 Å². The van der Waals surface area contributed by atoms with Crippen molar-refractivity contribution >= 4 is 58.4 Å². The molecule has 0 radical (unpaired) electrons. The lowest BCUT2D eigenvalue weighted by Gasteiger charge is -2.31. The lowest BCUT2D eigenvalue weighted by Crippen LogP contribution is -2.52. The van der Waals surface area contributed by atoms with Crippen molar-refractivity contribution in [1.82, 2.24) is 10.2 Å². The summed E-state index contributed by atoms with van der Waals surface area (Å²) in [5.74, 6) is 0.510. The molecular weight excluding hydrogens is 475 g/mol. The number of amides is 2. The van der Waals surface area contributed by atoms with Gasteiger partial charge in [0.15, 0.2) is 0 Å². The van der Waals surface area contributed by atoms with Crippen LogP contribution in [0.15, 0.2) is 42.5 Å². The van der Waals surface area contributed by atoms with Crippen molar-refractivity contribution < 1.29 is 9.59 Å². The highest BCUT2D eigenvalue weighted by Gasteiger charge is 2.28. The lowest BCUT2D eigenvalue weighted by molar-refractivity contribution is -0.139. The normalized spacial score (nSPS) is 12.4. The lowest BCUT2D eigenvalue weighted by atomic mass is 10.1. The summed E-state index contributed by atoms with van der Waals surface area (Å²) < 4.78 is 0. The molecule has 0 aliphatic heterocycles. The van der Waals surface area contributed by atoms with Crippen LogP contribution >= 0.6 is 46.6 Å². The number of benzene rings is 2. The Balaban J connectivity index is 2.14. The summed E-state index contributed by atoms with van der Waals surface area (Å²) in [6.45, 7) is 7.65.